The van der Waals surface area contributed by atoms with E-state index in [0.717, 1.165) is 0 Å². The topological polar surface area (TPSA) is 53.1 Å². The Morgan fingerprint density at radius 3 is 2.50 bits per heavy atom. The summed E-state index contributed by atoms with van der Waals surface area (Å²) in [5.41, 5.74) is 6.53. The molecule has 1 aromatic heterocycles. The summed E-state index contributed by atoms with van der Waals surface area (Å²) in [4.78, 5) is 0. The van der Waals surface area contributed by atoms with Crippen molar-refractivity contribution in [1.29, 1.82) is 0 Å². The van der Waals surface area contributed by atoms with E-state index in [-0.39, 0.29) is 10.8 Å². The first-order chi connectivity index (χ1) is 11.1. The molecule has 0 aliphatic heterocycles. The van der Waals surface area contributed by atoms with Crippen molar-refractivity contribution in [2.45, 2.75) is 18.6 Å². The van der Waals surface area contributed by atoms with E-state index < -0.39 is 18.7 Å². The highest BCUT2D eigenvalue weighted by Crippen LogP contribution is 2.37. The molecule has 1 aromatic carbocycles. The zero-order valence-corrected chi connectivity index (χ0v) is 12.9. The second-order valence-corrected chi connectivity index (χ2v) is 5.32. The van der Waals surface area contributed by atoms with E-state index in [1.165, 1.54) is 18.3 Å². The predicted molar refractivity (Wildman–Crippen MR) is 78.2 cm³/mol. The van der Waals surface area contributed by atoms with Gasteiger partial charge in [-0.3, -0.25) is 4.68 Å². The Balaban J connectivity index is 2.19. The van der Waals surface area contributed by atoms with Gasteiger partial charge < -0.3 is 10.5 Å². The molecule has 1 heterocycles. The number of hydrogen-bond acceptors (Lipinski definition) is 3. The fraction of sp³-hybridized carbons (Fsp3) is 0.357. The normalized spacial score (nSPS) is 12.5. The van der Waals surface area contributed by atoms with Gasteiger partial charge in [0.05, 0.1) is 17.8 Å². The molecule has 2 rings (SSSR count). The number of nitrogens with two attached hydrogens (primary N) is 1. The Morgan fingerprint density at radius 2 is 1.88 bits per heavy atom. The summed E-state index contributed by atoms with van der Waals surface area (Å²) >= 11 is 5.79. The molecule has 0 radical (unpaired) electrons. The summed E-state index contributed by atoms with van der Waals surface area (Å²) in [6, 6.07) is 4.19. The van der Waals surface area contributed by atoms with Crippen molar-refractivity contribution in [3.63, 3.8) is 0 Å². The summed E-state index contributed by atoms with van der Waals surface area (Å²) in [7, 11) is 0. The molecule has 2 N–H and O–H groups in total. The average molecular weight is 370 g/mol. The molecule has 0 saturated heterocycles. The third kappa shape index (κ3) is 4.15. The van der Waals surface area contributed by atoms with Crippen LogP contribution in [0.4, 0.5) is 22.0 Å². The Morgan fingerprint density at radius 1 is 1.17 bits per heavy atom. The maximum atomic E-state index is 12.9. The van der Waals surface area contributed by atoms with Gasteiger partial charge in [0.1, 0.15) is 5.75 Å². The smallest absolute Gasteiger partial charge is 0.456 e. The Kier molecular flexibility index (Phi) is 5.34. The first-order valence-electron chi connectivity index (χ1n) is 6.74. The minimum absolute atomic E-state index is 0.0777. The first kappa shape index (κ1) is 18.5. The van der Waals surface area contributed by atoms with Crippen molar-refractivity contribution in [3.8, 4) is 16.9 Å². The van der Waals surface area contributed by atoms with Crippen LogP contribution in [0.25, 0.3) is 11.1 Å². The van der Waals surface area contributed by atoms with Crippen LogP contribution in [0.1, 0.15) is 0 Å². The zero-order chi connectivity index (χ0) is 18.0. The number of halogens is 6. The highest BCUT2D eigenvalue weighted by atomic mass is 35.5. The molecule has 4 nitrogen and oxygen atoms in total. The van der Waals surface area contributed by atoms with E-state index >= 15 is 0 Å². The maximum absolute atomic E-state index is 12.9. The Labute approximate surface area is 139 Å². The first-order valence-corrected chi connectivity index (χ1v) is 7.11. The van der Waals surface area contributed by atoms with Crippen molar-refractivity contribution in [2.24, 2.45) is 5.73 Å². The van der Waals surface area contributed by atoms with Gasteiger partial charge in [0.2, 0.25) is 0 Å². The molecule has 0 saturated carbocycles. The molecule has 0 aliphatic rings. The van der Waals surface area contributed by atoms with E-state index in [1.807, 2.05) is 0 Å². The van der Waals surface area contributed by atoms with E-state index in [1.54, 1.807) is 16.9 Å². The molecule has 132 valence electrons. The minimum Gasteiger partial charge on any atom is -0.485 e. The van der Waals surface area contributed by atoms with Gasteiger partial charge in [-0.2, -0.15) is 27.1 Å². The van der Waals surface area contributed by atoms with Crippen LogP contribution in [0.2, 0.25) is 5.02 Å². The van der Waals surface area contributed by atoms with Crippen LogP contribution in [-0.4, -0.2) is 35.0 Å². The largest absolute Gasteiger partial charge is 0.485 e. The Bertz CT molecular complexity index is 702. The summed E-state index contributed by atoms with van der Waals surface area (Å²) < 4.78 is 68.6. The molecule has 24 heavy (non-hydrogen) atoms. The van der Waals surface area contributed by atoms with Gasteiger partial charge in [-0.1, -0.05) is 17.7 Å². The summed E-state index contributed by atoms with van der Waals surface area (Å²) in [6.07, 6.45) is -2.53. The van der Waals surface area contributed by atoms with Crippen LogP contribution in [-0.2, 0) is 6.54 Å². The van der Waals surface area contributed by atoms with E-state index in [9.17, 15) is 22.0 Å². The van der Waals surface area contributed by atoms with Gasteiger partial charge in [0, 0.05) is 18.3 Å². The molecule has 0 fully saturated rings. The van der Waals surface area contributed by atoms with Crippen molar-refractivity contribution in [3.05, 3.63) is 35.6 Å². The number of alkyl halides is 5. The third-order valence-electron chi connectivity index (χ3n) is 3.08. The van der Waals surface area contributed by atoms with Gasteiger partial charge in [0.25, 0.3) is 0 Å². The van der Waals surface area contributed by atoms with E-state index in [4.69, 9.17) is 17.3 Å². The van der Waals surface area contributed by atoms with Crippen molar-refractivity contribution in [1.82, 2.24) is 9.78 Å². The lowest BCUT2D eigenvalue weighted by molar-refractivity contribution is -0.290. The SMILES string of the molecule is NCCn1cc(-c2ccc(Cl)c(OCC(F)(F)C(F)(F)F)c2)cn1. The highest BCUT2D eigenvalue weighted by molar-refractivity contribution is 6.32. The van der Waals surface area contributed by atoms with Gasteiger partial charge in [-0.15, -0.1) is 0 Å². The highest BCUT2D eigenvalue weighted by Gasteiger charge is 2.58. The standard InChI is InChI=1S/C14H13ClF5N3O/c15-11-2-1-9(10-6-22-23(7-10)4-3-21)5-12(11)24-8-13(16,17)14(18,19)20/h1-2,5-7H,3-4,8,21H2. The molecule has 0 aliphatic carbocycles. The molecule has 0 bridgehead atoms. The molecular weight excluding hydrogens is 357 g/mol. The van der Waals surface area contributed by atoms with E-state index in [2.05, 4.69) is 9.84 Å². The van der Waals surface area contributed by atoms with E-state index in [0.29, 0.717) is 24.2 Å². The summed E-state index contributed by atoms with van der Waals surface area (Å²) in [5, 5.41) is 3.97. The lowest BCUT2D eigenvalue weighted by Crippen LogP contribution is -2.41. The number of ether oxygens (including phenoxy) is 1. The summed E-state index contributed by atoms with van der Waals surface area (Å²) in [6.45, 7) is -0.997. The van der Waals surface area contributed by atoms with Gasteiger partial charge >= 0.3 is 12.1 Å². The molecule has 0 amide bonds. The molecule has 2 aromatic rings. The zero-order valence-electron chi connectivity index (χ0n) is 12.2. The minimum atomic E-state index is -5.69. The van der Waals surface area contributed by atoms with Crippen LogP contribution in [0.5, 0.6) is 5.75 Å². The molecule has 0 spiro atoms. The maximum Gasteiger partial charge on any atom is 0.456 e. The molecular formula is C14H13ClF5N3O. The van der Waals surface area contributed by atoms with Gasteiger partial charge in [0.15, 0.2) is 6.61 Å². The lowest BCUT2D eigenvalue weighted by Gasteiger charge is -2.20. The van der Waals surface area contributed by atoms with Crippen molar-refractivity contribution >= 4 is 11.6 Å². The van der Waals surface area contributed by atoms with Crippen molar-refractivity contribution in [2.75, 3.05) is 13.2 Å². The van der Waals surface area contributed by atoms with Crippen LogP contribution in [0.3, 0.4) is 0 Å². The van der Waals surface area contributed by atoms with Crippen molar-refractivity contribution < 1.29 is 26.7 Å². The van der Waals surface area contributed by atoms with Crippen LogP contribution in [0, 0.1) is 0 Å². The molecule has 10 heteroatoms. The number of hydrogen-bond donors (Lipinski definition) is 1. The fourth-order valence-electron chi connectivity index (χ4n) is 1.81. The second kappa shape index (κ2) is 6.94. The lowest BCUT2D eigenvalue weighted by atomic mass is 10.1. The second-order valence-electron chi connectivity index (χ2n) is 4.92. The summed E-state index contributed by atoms with van der Waals surface area (Å²) in [5.74, 6) is -5.25. The molecule has 0 unspecified atom stereocenters. The number of nitrogens with zero attached hydrogens (tertiary/aromatic N) is 2. The third-order valence-corrected chi connectivity index (χ3v) is 3.39. The number of aromatic nitrogens is 2. The quantitative estimate of drug-likeness (QED) is 0.789. The van der Waals surface area contributed by atoms with Gasteiger partial charge in [-0.25, -0.2) is 0 Å². The van der Waals surface area contributed by atoms with Crippen LogP contribution >= 0.6 is 11.6 Å². The van der Waals surface area contributed by atoms with Gasteiger partial charge in [-0.05, 0) is 17.7 Å². The van der Waals surface area contributed by atoms with Crippen LogP contribution < -0.4 is 10.5 Å². The Hall–Kier alpha value is -1.87. The monoisotopic (exact) mass is 369 g/mol. The predicted octanol–water partition coefficient (Wildman–Crippen LogP) is 3.74. The fourth-order valence-corrected chi connectivity index (χ4v) is 1.98. The van der Waals surface area contributed by atoms with Crippen LogP contribution in [0.15, 0.2) is 30.6 Å². The number of rotatable bonds is 6. The molecule has 0 atom stereocenters. The average Bonchev–Trinajstić information content (AvgIpc) is 2.94. The number of benzene rings is 1.